The van der Waals surface area contributed by atoms with Gasteiger partial charge in [0, 0.05) is 17.7 Å². The maximum atomic E-state index is 12.7. The zero-order valence-electron chi connectivity index (χ0n) is 26.5. The Kier molecular flexibility index (Phi) is 8.88. The van der Waals surface area contributed by atoms with Crippen molar-refractivity contribution in [3.63, 3.8) is 0 Å². The first kappa shape index (κ1) is 30.4. The van der Waals surface area contributed by atoms with Gasteiger partial charge in [-0.15, -0.1) is 0 Å². The normalized spacial score (nSPS) is 12.9. The maximum Gasteiger partial charge on any atom is 0.407 e. The number of alkyl carbamates (subject to hydrolysis) is 1. The van der Waals surface area contributed by atoms with Gasteiger partial charge in [0.15, 0.2) is 0 Å². The number of amides is 2. The summed E-state index contributed by atoms with van der Waals surface area (Å²) in [6, 6.07) is 10.9. The number of rotatable bonds is 11. The Balaban J connectivity index is 1.19. The Morgan fingerprint density at radius 3 is 2.62 bits per heavy atom. The topological polar surface area (TPSA) is 128 Å². The molecule has 0 saturated heterocycles. The second-order valence-electron chi connectivity index (χ2n) is 11.8. The summed E-state index contributed by atoms with van der Waals surface area (Å²) in [6.45, 7) is 7.27. The minimum absolute atomic E-state index is 0.128. The lowest BCUT2D eigenvalue weighted by atomic mass is 9.86. The molecule has 0 bridgehead atoms. The van der Waals surface area contributed by atoms with Crippen LogP contribution in [0.3, 0.4) is 0 Å². The van der Waals surface area contributed by atoms with Gasteiger partial charge in [0.25, 0.3) is 0 Å². The molecule has 2 aliphatic rings. The number of nitrogens with one attached hydrogen (secondary N) is 3. The number of imidazole rings is 2. The van der Waals surface area contributed by atoms with Gasteiger partial charge in [0.2, 0.25) is 5.91 Å². The van der Waals surface area contributed by atoms with Crippen LogP contribution in [0.25, 0.3) is 33.6 Å². The summed E-state index contributed by atoms with van der Waals surface area (Å²) in [5, 5.41) is 2.46. The fourth-order valence-electron chi connectivity index (χ4n) is 6.27. The van der Waals surface area contributed by atoms with Gasteiger partial charge in [0.05, 0.1) is 43.5 Å². The molecule has 0 unspecified atom stereocenters. The van der Waals surface area contributed by atoms with Crippen LogP contribution in [0.2, 0.25) is 0 Å². The summed E-state index contributed by atoms with van der Waals surface area (Å²) >= 11 is 0. The number of ether oxygens (including phenoxy) is 2. The predicted molar refractivity (Wildman–Crippen MR) is 172 cm³/mol. The zero-order chi connectivity index (χ0) is 31.5. The second kappa shape index (κ2) is 13.2. The molecule has 45 heavy (non-hydrogen) atoms. The van der Waals surface area contributed by atoms with E-state index in [9.17, 15) is 9.59 Å². The molecule has 2 aromatic carbocycles. The molecular formula is C34H41N7O4. The summed E-state index contributed by atoms with van der Waals surface area (Å²) in [5.74, 6) is 2.39. The number of hydrogen-bond donors (Lipinski definition) is 3. The number of fused-ring (bicyclic) bond motifs is 6. The summed E-state index contributed by atoms with van der Waals surface area (Å²) in [6.07, 6.45) is 4.94. The number of aromatic amines is 2. The smallest absolute Gasteiger partial charge is 0.407 e. The van der Waals surface area contributed by atoms with E-state index in [1.54, 1.807) is 11.1 Å². The van der Waals surface area contributed by atoms with Gasteiger partial charge in [-0.05, 0) is 79.7 Å². The van der Waals surface area contributed by atoms with Crippen LogP contribution in [0.1, 0.15) is 55.2 Å². The Morgan fingerprint density at radius 1 is 0.978 bits per heavy atom. The van der Waals surface area contributed by atoms with Crippen molar-refractivity contribution >= 4 is 12.0 Å². The lowest BCUT2D eigenvalue weighted by Crippen LogP contribution is -2.40. The highest BCUT2D eigenvalue weighted by Crippen LogP contribution is 2.44. The van der Waals surface area contributed by atoms with Crippen LogP contribution < -0.4 is 10.1 Å². The van der Waals surface area contributed by atoms with Crippen LogP contribution in [0.5, 0.6) is 5.75 Å². The molecular weight excluding hydrogens is 570 g/mol. The molecule has 236 valence electrons. The maximum absolute atomic E-state index is 12.7. The second-order valence-corrected chi connectivity index (χ2v) is 11.8. The van der Waals surface area contributed by atoms with Crippen LogP contribution in [-0.4, -0.2) is 75.5 Å². The van der Waals surface area contributed by atoms with Gasteiger partial charge in [-0.25, -0.2) is 14.8 Å². The number of methoxy groups -OCH3 is 1. The third kappa shape index (κ3) is 6.44. The highest BCUT2D eigenvalue weighted by atomic mass is 16.5. The van der Waals surface area contributed by atoms with Crippen molar-refractivity contribution in [1.29, 1.82) is 0 Å². The van der Waals surface area contributed by atoms with Crippen LogP contribution >= 0.6 is 0 Å². The molecule has 3 N–H and O–H groups in total. The molecule has 1 aliphatic carbocycles. The van der Waals surface area contributed by atoms with E-state index in [-0.39, 0.29) is 12.5 Å². The average Bonchev–Trinajstić information content (AvgIpc) is 3.69. The van der Waals surface area contributed by atoms with Crippen molar-refractivity contribution in [2.75, 3.05) is 33.8 Å². The van der Waals surface area contributed by atoms with E-state index in [1.165, 1.54) is 23.8 Å². The Hall–Kier alpha value is -4.64. The van der Waals surface area contributed by atoms with Crippen molar-refractivity contribution in [3.05, 3.63) is 65.0 Å². The van der Waals surface area contributed by atoms with Crippen LogP contribution in [0, 0.1) is 0 Å². The summed E-state index contributed by atoms with van der Waals surface area (Å²) in [7, 11) is 3.40. The van der Waals surface area contributed by atoms with Crippen molar-refractivity contribution in [2.24, 2.45) is 0 Å². The molecule has 0 spiro atoms. The number of carbonyl (C=O) groups is 2. The molecule has 0 fully saturated rings. The van der Waals surface area contributed by atoms with Crippen LogP contribution in [-0.2, 0) is 42.1 Å². The molecule has 2 aromatic heterocycles. The highest BCUT2D eigenvalue weighted by Gasteiger charge is 2.26. The number of H-pyrrole nitrogens is 2. The molecule has 11 heteroatoms. The molecule has 0 radical (unpaired) electrons. The lowest BCUT2D eigenvalue weighted by Gasteiger charge is -2.25. The Labute approximate surface area is 263 Å². The monoisotopic (exact) mass is 611 g/mol. The third-order valence-corrected chi connectivity index (χ3v) is 8.43. The minimum atomic E-state index is -0.633. The molecule has 11 nitrogen and oxygen atoms in total. The molecule has 1 aliphatic heterocycles. The van der Waals surface area contributed by atoms with E-state index < -0.39 is 6.09 Å². The van der Waals surface area contributed by atoms with Gasteiger partial charge < -0.3 is 29.7 Å². The molecule has 6 rings (SSSR count). The average molecular weight is 612 g/mol. The van der Waals surface area contributed by atoms with Gasteiger partial charge >= 0.3 is 6.09 Å². The Bertz CT molecular complexity index is 1710. The number of carbonyl (C=O) groups excluding carboxylic acids is 2. The van der Waals surface area contributed by atoms with E-state index in [0.717, 1.165) is 84.1 Å². The van der Waals surface area contributed by atoms with Crippen molar-refractivity contribution < 1.29 is 19.1 Å². The van der Waals surface area contributed by atoms with Crippen LogP contribution in [0.4, 0.5) is 4.79 Å². The molecule has 4 aromatic rings. The number of aromatic nitrogens is 4. The Morgan fingerprint density at radius 2 is 1.82 bits per heavy atom. The summed E-state index contributed by atoms with van der Waals surface area (Å²) in [4.78, 5) is 44.5. The fraction of sp³-hybridized carbons (Fsp3) is 0.412. The quantitative estimate of drug-likeness (QED) is 0.216. The SMILES string of the molecule is CCCN(C)Cc1nc2c([nH]1)-c1cc3c(cc1CC2)-c1ccc(-c2cnc(CN(CCC)C(=O)CNC(=O)OC)[nH]2)cc1CO3. The molecule has 0 saturated carbocycles. The van der Waals surface area contributed by atoms with Gasteiger partial charge in [-0.3, -0.25) is 9.69 Å². The molecule has 3 heterocycles. The number of hydrogen-bond acceptors (Lipinski definition) is 7. The highest BCUT2D eigenvalue weighted by molar-refractivity contribution is 5.84. The molecule has 2 amide bonds. The van der Waals surface area contributed by atoms with Crippen LogP contribution in [0.15, 0.2) is 36.5 Å². The zero-order valence-corrected chi connectivity index (χ0v) is 26.5. The lowest BCUT2D eigenvalue weighted by molar-refractivity contribution is -0.130. The van der Waals surface area contributed by atoms with Gasteiger partial charge in [-0.2, -0.15) is 0 Å². The minimum Gasteiger partial charge on any atom is -0.488 e. The van der Waals surface area contributed by atoms with Gasteiger partial charge in [-0.1, -0.05) is 26.0 Å². The summed E-state index contributed by atoms with van der Waals surface area (Å²) < 4.78 is 10.9. The van der Waals surface area contributed by atoms with Crippen molar-refractivity contribution in [1.82, 2.24) is 35.1 Å². The number of benzene rings is 2. The van der Waals surface area contributed by atoms with Gasteiger partial charge in [0.1, 0.15) is 30.5 Å². The van der Waals surface area contributed by atoms with E-state index in [2.05, 4.69) is 74.2 Å². The summed E-state index contributed by atoms with van der Waals surface area (Å²) in [5.41, 5.74) is 10.0. The van der Waals surface area contributed by atoms with E-state index in [0.29, 0.717) is 25.5 Å². The largest absolute Gasteiger partial charge is 0.488 e. The van der Waals surface area contributed by atoms with Crippen molar-refractivity contribution in [2.45, 2.75) is 59.2 Å². The van der Waals surface area contributed by atoms with Crippen molar-refractivity contribution in [3.8, 4) is 39.4 Å². The number of aryl methyl sites for hydroxylation is 2. The molecule has 0 atom stereocenters. The van der Waals surface area contributed by atoms with E-state index in [4.69, 9.17) is 9.72 Å². The first-order chi connectivity index (χ1) is 21.9. The first-order valence-corrected chi connectivity index (χ1v) is 15.7. The van der Waals surface area contributed by atoms with E-state index in [1.807, 2.05) is 6.92 Å². The fourth-order valence-corrected chi connectivity index (χ4v) is 6.27. The first-order valence-electron chi connectivity index (χ1n) is 15.7. The number of nitrogens with zero attached hydrogens (tertiary/aromatic N) is 4. The third-order valence-electron chi connectivity index (χ3n) is 8.43. The predicted octanol–water partition coefficient (Wildman–Crippen LogP) is 5.06. The van der Waals surface area contributed by atoms with E-state index >= 15 is 0 Å². The standard InChI is InChI=1S/C34H41N7O4/c1-5-11-40(3)18-31-37-27-10-8-21-14-26-24-9-7-22(13-23(24)20-45-29(26)15-25(21)33(27)39-31)28-16-35-30(38-28)19-41(12-6-2)32(42)17-36-34(43)44-4/h7,9,13-16H,5-6,8,10-12,17-20H2,1-4H3,(H,35,38)(H,36,43)(H,37,39).